The molecule has 1 heterocycles. The summed E-state index contributed by atoms with van der Waals surface area (Å²) in [4.78, 5) is 10.9. The molecule has 0 radical (unpaired) electrons. The van der Waals surface area contributed by atoms with E-state index in [2.05, 4.69) is 4.37 Å². The number of nitrogens with zero attached hydrogens (tertiary/aromatic N) is 1. The molecular weight excluding hydrogens is 246 g/mol. The lowest BCUT2D eigenvalue weighted by Crippen LogP contribution is -1.92. The zero-order valence-electron chi connectivity index (χ0n) is 8.40. The molecule has 2 rings (SSSR count). The van der Waals surface area contributed by atoms with Crippen LogP contribution < -0.4 is 0 Å². The summed E-state index contributed by atoms with van der Waals surface area (Å²) >= 11 is 6.88. The molecule has 5 heteroatoms. The topological polar surface area (TPSA) is 50.2 Å². The highest BCUT2D eigenvalue weighted by Crippen LogP contribution is 2.32. The van der Waals surface area contributed by atoms with Gasteiger partial charge in [-0.25, -0.2) is 4.79 Å². The third-order valence-corrected chi connectivity index (χ3v) is 3.44. The van der Waals surface area contributed by atoms with Gasteiger partial charge in [0.2, 0.25) is 0 Å². The second-order valence-corrected chi connectivity index (χ2v) is 4.50. The first-order chi connectivity index (χ1) is 7.59. The van der Waals surface area contributed by atoms with Crippen LogP contribution in [0.15, 0.2) is 24.3 Å². The smallest absolute Gasteiger partial charge is 0.349 e. The largest absolute Gasteiger partial charge is 0.477 e. The Morgan fingerprint density at radius 2 is 2.25 bits per heavy atom. The van der Waals surface area contributed by atoms with Crippen molar-refractivity contribution in [3.8, 4) is 11.3 Å². The molecule has 82 valence electrons. The Morgan fingerprint density at radius 3 is 2.81 bits per heavy atom. The van der Waals surface area contributed by atoms with Crippen molar-refractivity contribution in [2.45, 2.75) is 6.92 Å². The van der Waals surface area contributed by atoms with E-state index in [1.807, 2.05) is 31.2 Å². The number of aromatic carboxylic acids is 1. The summed E-state index contributed by atoms with van der Waals surface area (Å²) < 4.78 is 4.08. The fourth-order valence-electron chi connectivity index (χ4n) is 1.38. The van der Waals surface area contributed by atoms with E-state index in [4.69, 9.17) is 16.7 Å². The third kappa shape index (κ3) is 1.94. The second-order valence-electron chi connectivity index (χ2n) is 3.35. The van der Waals surface area contributed by atoms with Gasteiger partial charge in [0.1, 0.15) is 5.69 Å². The summed E-state index contributed by atoms with van der Waals surface area (Å²) in [6.07, 6.45) is 0. The molecule has 0 fully saturated rings. The maximum atomic E-state index is 10.8. The maximum absolute atomic E-state index is 10.8. The molecule has 0 saturated carbocycles. The van der Waals surface area contributed by atoms with Gasteiger partial charge in [-0.1, -0.05) is 35.4 Å². The number of hydrogen-bond donors (Lipinski definition) is 1. The van der Waals surface area contributed by atoms with E-state index in [9.17, 15) is 4.79 Å². The van der Waals surface area contributed by atoms with Gasteiger partial charge in [-0.05, 0) is 24.5 Å². The standard InChI is InChI=1S/C11H8ClNO2S/c1-6-3-2-4-7(5-6)9-8(12)10(11(14)15)16-13-9/h2-5H,1H3,(H,14,15). The summed E-state index contributed by atoms with van der Waals surface area (Å²) in [5.41, 5.74) is 2.46. The zero-order valence-corrected chi connectivity index (χ0v) is 9.97. The van der Waals surface area contributed by atoms with Crippen molar-refractivity contribution in [3.63, 3.8) is 0 Å². The average Bonchev–Trinajstić information content (AvgIpc) is 2.60. The van der Waals surface area contributed by atoms with Gasteiger partial charge in [0.15, 0.2) is 4.88 Å². The van der Waals surface area contributed by atoms with Gasteiger partial charge in [-0.2, -0.15) is 4.37 Å². The van der Waals surface area contributed by atoms with Crippen molar-refractivity contribution in [3.05, 3.63) is 39.7 Å². The number of halogens is 1. The predicted octanol–water partition coefficient (Wildman–Crippen LogP) is 3.47. The Kier molecular flexibility index (Phi) is 2.94. The van der Waals surface area contributed by atoms with Crippen LogP contribution in [-0.4, -0.2) is 15.4 Å². The quantitative estimate of drug-likeness (QED) is 0.892. The first-order valence-electron chi connectivity index (χ1n) is 4.55. The maximum Gasteiger partial charge on any atom is 0.349 e. The molecule has 0 bridgehead atoms. The van der Waals surface area contributed by atoms with Gasteiger partial charge in [-0.15, -0.1) is 0 Å². The predicted molar refractivity (Wildman–Crippen MR) is 64.3 cm³/mol. The highest BCUT2D eigenvalue weighted by Gasteiger charge is 2.18. The van der Waals surface area contributed by atoms with Crippen LogP contribution in [0.3, 0.4) is 0 Å². The highest BCUT2D eigenvalue weighted by atomic mass is 35.5. The van der Waals surface area contributed by atoms with E-state index in [1.54, 1.807) is 0 Å². The Labute approximate surface area is 101 Å². The summed E-state index contributed by atoms with van der Waals surface area (Å²) in [6, 6.07) is 7.63. The molecular formula is C11H8ClNO2S. The summed E-state index contributed by atoms with van der Waals surface area (Å²) in [6.45, 7) is 1.96. The Bertz CT molecular complexity index is 551. The van der Waals surface area contributed by atoms with Crippen LogP contribution in [0.5, 0.6) is 0 Å². The summed E-state index contributed by atoms with van der Waals surface area (Å²) in [5.74, 6) is -1.04. The van der Waals surface area contributed by atoms with Gasteiger partial charge in [-0.3, -0.25) is 0 Å². The monoisotopic (exact) mass is 253 g/mol. The molecule has 0 spiro atoms. The van der Waals surface area contributed by atoms with Crippen LogP contribution in [0, 0.1) is 6.92 Å². The minimum absolute atomic E-state index is 0.0816. The van der Waals surface area contributed by atoms with Crippen molar-refractivity contribution in [2.75, 3.05) is 0 Å². The van der Waals surface area contributed by atoms with Gasteiger partial charge < -0.3 is 5.11 Å². The minimum Gasteiger partial charge on any atom is -0.477 e. The number of carbonyl (C=O) groups is 1. The molecule has 1 aromatic carbocycles. The fourth-order valence-corrected chi connectivity index (χ4v) is 2.40. The first kappa shape index (κ1) is 11.1. The lowest BCUT2D eigenvalue weighted by atomic mass is 10.1. The Morgan fingerprint density at radius 1 is 1.50 bits per heavy atom. The highest BCUT2D eigenvalue weighted by molar-refractivity contribution is 7.09. The van der Waals surface area contributed by atoms with Crippen molar-refractivity contribution in [1.29, 1.82) is 0 Å². The fraction of sp³-hybridized carbons (Fsp3) is 0.0909. The van der Waals surface area contributed by atoms with E-state index >= 15 is 0 Å². The number of aromatic nitrogens is 1. The molecule has 1 aromatic heterocycles. The minimum atomic E-state index is -1.04. The molecule has 2 aromatic rings. The van der Waals surface area contributed by atoms with Gasteiger partial charge >= 0.3 is 5.97 Å². The molecule has 0 unspecified atom stereocenters. The number of carboxylic acids is 1. The Hall–Kier alpha value is -1.39. The van der Waals surface area contributed by atoms with E-state index in [-0.39, 0.29) is 9.90 Å². The van der Waals surface area contributed by atoms with E-state index in [0.29, 0.717) is 5.69 Å². The zero-order chi connectivity index (χ0) is 11.7. The van der Waals surface area contributed by atoms with Crippen LogP contribution >= 0.6 is 23.1 Å². The molecule has 0 aliphatic rings. The van der Waals surface area contributed by atoms with Crippen LogP contribution in [0.1, 0.15) is 15.2 Å². The SMILES string of the molecule is Cc1cccc(-c2nsc(C(=O)O)c2Cl)c1. The van der Waals surface area contributed by atoms with E-state index in [1.165, 1.54) is 0 Å². The molecule has 0 saturated heterocycles. The number of carboxylic acid groups (broad SMARTS) is 1. The van der Waals surface area contributed by atoms with Crippen LogP contribution in [-0.2, 0) is 0 Å². The summed E-state index contributed by atoms with van der Waals surface area (Å²) in [7, 11) is 0. The lowest BCUT2D eigenvalue weighted by Gasteiger charge is -1.99. The molecule has 1 N–H and O–H groups in total. The first-order valence-corrected chi connectivity index (χ1v) is 5.70. The van der Waals surface area contributed by atoms with Crippen molar-refractivity contribution in [2.24, 2.45) is 0 Å². The average molecular weight is 254 g/mol. The Balaban J connectivity index is 2.53. The number of aryl methyl sites for hydroxylation is 1. The third-order valence-electron chi connectivity index (χ3n) is 2.12. The van der Waals surface area contributed by atoms with Crippen molar-refractivity contribution < 1.29 is 9.90 Å². The van der Waals surface area contributed by atoms with Crippen molar-refractivity contribution >= 4 is 29.1 Å². The van der Waals surface area contributed by atoms with Crippen LogP contribution in [0.2, 0.25) is 5.02 Å². The molecule has 0 amide bonds. The number of benzene rings is 1. The van der Waals surface area contributed by atoms with E-state index < -0.39 is 5.97 Å². The lowest BCUT2D eigenvalue weighted by molar-refractivity contribution is 0.0702. The molecule has 0 atom stereocenters. The van der Waals surface area contributed by atoms with Gasteiger partial charge in [0.25, 0.3) is 0 Å². The normalized spacial score (nSPS) is 10.4. The van der Waals surface area contributed by atoms with Gasteiger partial charge in [0.05, 0.1) is 5.02 Å². The van der Waals surface area contributed by atoms with E-state index in [0.717, 1.165) is 22.7 Å². The molecule has 16 heavy (non-hydrogen) atoms. The van der Waals surface area contributed by atoms with Gasteiger partial charge in [0, 0.05) is 5.56 Å². The molecule has 3 nitrogen and oxygen atoms in total. The molecule has 0 aliphatic carbocycles. The summed E-state index contributed by atoms with van der Waals surface area (Å²) in [5, 5.41) is 9.08. The molecule has 0 aliphatic heterocycles. The number of hydrogen-bond acceptors (Lipinski definition) is 3. The second kappa shape index (κ2) is 4.23. The van der Waals surface area contributed by atoms with Crippen LogP contribution in [0.4, 0.5) is 0 Å². The van der Waals surface area contributed by atoms with Crippen molar-refractivity contribution in [1.82, 2.24) is 4.37 Å². The van der Waals surface area contributed by atoms with Crippen LogP contribution in [0.25, 0.3) is 11.3 Å². The number of rotatable bonds is 2.